The molecule has 8 nitrogen and oxygen atoms in total. The Hall–Kier alpha value is -2.26. The highest BCUT2D eigenvalue weighted by atomic mass is 32.2. The van der Waals surface area contributed by atoms with Crippen LogP contribution in [0.15, 0.2) is 24.3 Å². The lowest BCUT2D eigenvalue weighted by Gasteiger charge is -2.32. The number of piperidine rings is 1. The van der Waals surface area contributed by atoms with Gasteiger partial charge in [-0.15, -0.1) is 0 Å². The topological polar surface area (TPSA) is 104 Å². The van der Waals surface area contributed by atoms with E-state index in [4.69, 9.17) is 0 Å². The molecule has 27 heavy (non-hydrogen) atoms. The number of amides is 3. The lowest BCUT2D eigenvalue weighted by molar-refractivity contribution is -0.132. The van der Waals surface area contributed by atoms with Crippen LogP contribution in [0.25, 0.3) is 0 Å². The van der Waals surface area contributed by atoms with E-state index in [2.05, 4.69) is 4.72 Å². The van der Waals surface area contributed by atoms with Crippen LogP contribution in [0, 0.1) is 0 Å². The minimum absolute atomic E-state index is 0.0376. The second-order valence-corrected chi connectivity index (χ2v) is 8.74. The largest absolute Gasteiger partial charge is 0.343 e. The van der Waals surface area contributed by atoms with Crippen molar-refractivity contribution < 1.29 is 22.8 Å². The number of rotatable bonds is 6. The van der Waals surface area contributed by atoms with Gasteiger partial charge in [-0.2, -0.15) is 0 Å². The maximum absolute atomic E-state index is 12.3. The second kappa shape index (κ2) is 7.77. The third kappa shape index (κ3) is 4.54. The highest BCUT2D eigenvalue weighted by molar-refractivity contribution is 7.88. The number of likely N-dealkylation sites (tertiary alicyclic amines) is 1. The van der Waals surface area contributed by atoms with Crippen molar-refractivity contribution in [3.63, 3.8) is 0 Å². The molecule has 0 saturated carbocycles. The Balaban J connectivity index is 1.45. The standard InChI is InChI=1S/C18H23N3O5S/c1-27(25,26)19-13-8-11-20(12-9-13)16(22)7-4-10-21-17(23)14-5-2-3-6-15(14)18(21)24/h2-3,5-6,13,19H,4,7-12H2,1H3. The first kappa shape index (κ1) is 19.5. The molecule has 1 aromatic carbocycles. The number of carbonyl (C=O) groups excluding carboxylic acids is 3. The first-order valence-electron chi connectivity index (χ1n) is 8.96. The minimum atomic E-state index is -3.24. The van der Waals surface area contributed by atoms with Gasteiger partial charge in [-0.25, -0.2) is 13.1 Å². The summed E-state index contributed by atoms with van der Waals surface area (Å²) in [4.78, 5) is 39.8. The number of hydrogen-bond donors (Lipinski definition) is 1. The summed E-state index contributed by atoms with van der Waals surface area (Å²) >= 11 is 0. The maximum Gasteiger partial charge on any atom is 0.261 e. The summed E-state index contributed by atoms with van der Waals surface area (Å²) in [5.41, 5.74) is 0.823. The van der Waals surface area contributed by atoms with E-state index in [1.807, 2.05) is 0 Å². The van der Waals surface area contributed by atoms with Gasteiger partial charge >= 0.3 is 0 Å². The van der Waals surface area contributed by atoms with E-state index < -0.39 is 10.0 Å². The number of benzene rings is 1. The van der Waals surface area contributed by atoms with E-state index in [1.54, 1.807) is 29.2 Å². The van der Waals surface area contributed by atoms with Crippen molar-refractivity contribution in [3.8, 4) is 0 Å². The number of sulfonamides is 1. The van der Waals surface area contributed by atoms with Gasteiger partial charge in [0.25, 0.3) is 11.8 Å². The van der Waals surface area contributed by atoms with Crippen LogP contribution < -0.4 is 4.72 Å². The normalized spacial score (nSPS) is 18.1. The first-order chi connectivity index (χ1) is 12.8. The van der Waals surface area contributed by atoms with Gasteiger partial charge in [0.15, 0.2) is 0 Å². The van der Waals surface area contributed by atoms with Gasteiger partial charge in [0, 0.05) is 32.1 Å². The van der Waals surface area contributed by atoms with Gasteiger partial charge in [-0.05, 0) is 31.4 Å². The van der Waals surface area contributed by atoms with Crippen molar-refractivity contribution in [2.45, 2.75) is 31.7 Å². The quantitative estimate of drug-likeness (QED) is 0.713. The molecule has 1 N–H and O–H groups in total. The lowest BCUT2D eigenvalue weighted by atomic mass is 10.1. The summed E-state index contributed by atoms with van der Waals surface area (Å²) in [7, 11) is -3.24. The van der Waals surface area contributed by atoms with Crippen LogP contribution in [-0.2, 0) is 14.8 Å². The monoisotopic (exact) mass is 393 g/mol. The Morgan fingerprint density at radius 3 is 2.19 bits per heavy atom. The van der Waals surface area contributed by atoms with Crippen molar-refractivity contribution in [1.82, 2.24) is 14.5 Å². The number of imide groups is 1. The van der Waals surface area contributed by atoms with Crippen LogP contribution >= 0.6 is 0 Å². The number of nitrogens with zero attached hydrogens (tertiary/aromatic N) is 2. The van der Waals surface area contributed by atoms with Crippen LogP contribution in [0.3, 0.4) is 0 Å². The van der Waals surface area contributed by atoms with E-state index in [9.17, 15) is 22.8 Å². The van der Waals surface area contributed by atoms with Crippen LogP contribution in [0.4, 0.5) is 0 Å². The molecular weight excluding hydrogens is 370 g/mol. The summed E-state index contributed by atoms with van der Waals surface area (Å²) in [5, 5.41) is 0. The average molecular weight is 393 g/mol. The van der Waals surface area contributed by atoms with Crippen molar-refractivity contribution >= 4 is 27.7 Å². The van der Waals surface area contributed by atoms with Gasteiger partial charge in [-0.1, -0.05) is 12.1 Å². The maximum atomic E-state index is 12.3. The molecule has 0 unspecified atom stereocenters. The summed E-state index contributed by atoms with van der Waals surface area (Å²) in [5.74, 6) is -0.657. The fraction of sp³-hybridized carbons (Fsp3) is 0.500. The summed E-state index contributed by atoms with van der Waals surface area (Å²) < 4.78 is 25.1. The predicted molar refractivity (Wildman–Crippen MR) is 98.6 cm³/mol. The molecule has 9 heteroatoms. The molecule has 3 rings (SSSR count). The van der Waals surface area contributed by atoms with Crippen LogP contribution in [0.2, 0.25) is 0 Å². The summed E-state index contributed by atoms with van der Waals surface area (Å²) in [6, 6.07) is 6.58. The van der Waals surface area contributed by atoms with Gasteiger partial charge in [-0.3, -0.25) is 19.3 Å². The van der Waals surface area contributed by atoms with Gasteiger partial charge in [0.05, 0.1) is 17.4 Å². The SMILES string of the molecule is CS(=O)(=O)NC1CCN(C(=O)CCCN2C(=O)c3ccccc3C2=O)CC1. The second-order valence-electron chi connectivity index (χ2n) is 6.96. The number of carbonyl (C=O) groups is 3. The highest BCUT2D eigenvalue weighted by Gasteiger charge is 2.34. The molecule has 0 bridgehead atoms. The van der Waals surface area contributed by atoms with E-state index >= 15 is 0 Å². The van der Waals surface area contributed by atoms with Crippen molar-refractivity contribution in [3.05, 3.63) is 35.4 Å². The molecule has 1 fully saturated rings. The molecule has 2 aliphatic rings. The van der Waals surface area contributed by atoms with E-state index in [0.717, 1.165) is 6.26 Å². The molecule has 2 heterocycles. The fourth-order valence-electron chi connectivity index (χ4n) is 3.54. The van der Waals surface area contributed by atoms with Gasteiger partial charge < -0.3 is 4.90 Å². The zero-order valence-corrected chi connectivity index (χ0v) is 16.0. The van der Waals surface area contributed by atoms with Crippen molar-refractivity contribution in [2.24, 2.45) is 0 Å². The number of hydrogen-bond acceptors (Lipinski definition) is 5. The van der Waals surface area contributed by atoms with Crippen LogP contribution in [0.5, 0.6) is 0 Å². The van der Waals surface area contributed by atoms with E-state index in [-0.39, 0.29) is 36.7 Å². The molecule has 1 aromatic rings. The number of fused-ring (bicyclic) bond motifs is 1. The predicted octanol–water partition coefficient (Wildman–Crippen LogP) is 0.603. The zero-order chi connectivity index (χ0) is 19.6. The Bertz CT molecular complexity index is 825. The van der Waals surface area contributed by atoms with Gasteiger partial charge in [0.1, 0.15) is 0 Å². The molecule has 0 aromatic heterocycles. The molecule has 3 amide bonds. The number of nitrogens with one attached hydrogen (secondary N) is 1. The Kier molecular flexibility index (Phi) is 5.61. The average Bonchev–Trinajstić information content (AvgIpc) is 2.86. The van der Waals surface area contributed by atoms with Crippen LogP contribution in [-0.4, -0.2) is 67.9 Å². The van der Waals surface area contributed by atoms with Crippen LogP contribution in [0.1, 0.15) is 46.4 Å². The Labute approximate surface area is 158 Å². The molecular formula is C18H23N3O5S. The third-order valence-corrected chi connectivity index (χ3v) is 5.64. The zero-order valence-electron chi connectivity index (χ0n) is 15.2. The molecule has 2 aliphatic heterocycles. The van der Waals surface area contributed by atoms with Gasteiger partial charge in [0.2, 0.25) is 15.9 Å². The lowest BCUT2D eigenvalue weighted by Crippen LogP contribution is -2.46. The first-order valence-corrected chi connectivity index (χ1v) is 10.9. The van der Waals surface area contributed by atoms with E-state index in [0.29, 0.717) is 43.5 Å². The smallest absolute Gasteiger partial charge is 0.261 e. The highest BCUT2D eigenvalue weighted by Crippen LogP contribution is 2.23. The van der Waals surface area contributed by atoms with Crippen molar-refractivity contribution in [1.29, 1.82) is 0 Å². The molecule has 0 atom stereocenters. The molecule has 146 valence electrons. The third-order valence-electron chi connectivity index (χ3n) is 4.88. The Morgan fingerprint density at radius 2 is 1.67 bits per heavy atom. The fourth-order valence-corrected chi connectivity index (χ4v) is 4.38. The van der Waals surface area contributed by atoms with Crippen molar-refractivity contribution in [2.75, 3.05) is 25.9 Å². The minimum Gasteiger partial charge on any atom is -0.343 e. The molecule has 0 aliphatic carbocycles. The summed E-state index contributed by atoms with van der Waals surface area (Å²) in [6.45, 7) is 1.21. The summed E-state index contributed by atoms with van der Waals surface area (Å²) in [6.07, 6.45) is 2.95. The Morgan fingerprint density at radius 1 is 1.11 bits per heavy atom. The molecule has 1 saturated heterocycles. The van der Waals surface area contributed by atoms with E-state index in [1.165, 1.54) is 4.90 Å². The molecule has 0 radical (unpaired) electrons. The molecule has 0 spiro atoms.